The molecule has 1 heterocycles. The topological polar surface area (TPSA) is 56.0 Å². The molecule has 0 saturated carbocycles. The number of rotatable bonds is 4. The summed E-state index contributed by atoms with van der Waals surface area (Å²) in [5.41, 5.74) is 1.63. The third kappa shape index (κ3) is 2.86. The zero-order chi connectivity index (χ0) is 14.9. The Morgan fingerprint density at radius 3 is 2.70 bits per heavy atom. The quantitative estimate of drug-likeness (QED) is 0.402. The monoisotopic (exact) mass is 400 g/mol. The summed E-state index contributed by atoms with van der Waals surface area (Å²) < 4.78 is 0.894. The smallest absolute Gasteiger partial charge is 0.258 e. The Balaban J connectivity index is 2.83. The van der Waals surface area contributed by atoms with E-state index in [0.717, 1.165) is 27.4 Å². The molecule has 2 atom stereocenters. The summed E-state index contributed by atoms with van der Waals surface area (Å²) in [7, 11) is 0. The van der Waals surface area contributed by atoms with Gasteiger partial charge in [0.15, 0.2) is 0 Å². The Kier molecular flexibility index (Phi) is 4.75. The molecule has 0 spiro atoms. The SMILES string of the molecule is CCC(c1c([N+](=O)[O-])cnc2ccc(Br)cc12)C(C)Br. The fraction of sp³-hybridized carbons (Fsp3) is 0.357. The van der Waals surface area contributed by atoms with Crippen molar-refractivity contribution in [3.63, 3.8) is 0 Å². The largest absolute Gasteiger partial charge is 0.291 e. The summed E-state index contributed by atoms with van der Waals surface area (Å²) in [5.74, 6) is 0.0650. The Hall–Kier alpha value is -1.01. The number of halogens is 2. The van der Waals surface area contributed by atoms with Gasteiger partial charge in [-0.15, -0.1) is 0 Å². The minimum atomic E-state index is -0.347. The molecular weight excluding hydrogens is 388 g/mol. The first-order valence-corrected chi connectivity index (χ1v) is 8.03. The second-order valence-corrected chi connectivity index (χ2v) is 7.03. The van der Waals surface area contributed by atoms with Crippen molar-refractivity contribution in [1.82, 2.24) is 4.98 Å². The number of nitrogens with zero attached hydrogens (tertiary/aromatic N) is 2. The normalized spacial score (nSPS) is 14.2. The van der Waals surface area contributed by atoms with Crippen molar-refractivity contribution in [1.29, 1.82) is 0 Å². The van der Waals surface area contributed by atoms with E-state index < -0.39 is 0 Å². The van der Waals surface area contributed by atoms with Crippen molar-refractivity contribution >= 4 is 48.5 Å². The van der Waals surface area contributed by atoms with Gasteiger partial charge in [0, 0.05) is 26.2 Å². The van der Waals surface area contributed by atoms with Crippen LogP contribution in [-0.2, 0) is 0 Å². The standard InChI is InChI=1S/C14H14Br2N2O2/c1-3-10(8(2)15)14-11-6-9(16)4-5-12(11)17-7-13(14)18(19)20/h4-8,10H,3H2,1-2H3. The van der Waals surface area contributed by atoms with Crippen molar-refractivity contribution in [3.05, 3.63) is 44.5 Å². The molecule has 0 aliphatic carbocycles. The molecule has 0 aliphatic rings. The van der Waals surface area contributed by atoms with Crippen molar-refractivity contribution in [2.75, 3.05) is 0 Å². The minimum absolute atomic E-state index is 0.0650. The fourth-order valence-electron chi connectivity index (χ4n) is 2.47. The number of hydrogen-bond acceptors (Lipinski definition) is 3. The first kappa shape index (κ1) is 15.4. The van der Waals surface area contributed by atoms with E-state index in [2.05, 4.69) is 36.8 Å². The molecular formula is C14H14Br2N2O2. The lowest BCUT2D eigenvalue weighted by atomic mass is 9.90. The van der Waals surface area contributed by atoms with Gasteiger partial charge < -0.3 is 0 Å². The van der Waals surface area contributed by atoms with Gasteiger partial charge in [0.25, 0.3) is 5.69 Å². The third-order valence-electron chi connectivity index (χ3n) is 3.41. The van der Waals surface area contributed by atoms with E-state index in [1.54, 1.807) is 0 Å². The van der Waals surface area contributed by atoms with Crippen molar-refractivity contribution < 1.29 is 4.92 Å². The molecule has 1 aromatic heterocycles. The number of alkyl halides is 1. The minimum Gasteiger partial charge on any atom is -0.258 e. The predicted molar refractivity (Wildman–Crippen MR) is 87.5 cm³/mol. The molecule has 6 heteroatoms. The van der Waals surface area contributed by atoms with Crippen molar-refractivity contribution in [3.8, 4) is 0 Å². The van der Waals surface area contributed by atoms with Crippen LogP contribution in [0.25, 0.3) is 10.9 Å². The van der Waals surface area contributed by atoms with Crippen LogP contribution in [0.3, 0.4) is 0 Å². The fourth-order valence-corrected chi connectivity index (χ4v) is 3.47. The highest BCUT2D eigenvalue weighted by Gasteiger charge is 2.27. The zero-order valence-corrected chi connectivity index (χ0v) is 14.3. The van der Waals surface area contributed by atoms with E-state index >= 15 is 0 Å². The Morgan fingerprint density at radius 1 is 1.45 bits per heavy atom. The third-order valence-corrected chi connectivity index (χ3v) is 4.54. The molecule has 106 valence electrons. The van der Waals surface area contributed by atoms with Gasteiger partial charge in [0.2, 0.25) is 0 Å². The number of benzene rings is 1. The van der Waals surface area contributed by atoms with Crippen LogP contribution in [0.4, 0.5) is 5.69 Å². The van der Waals surface area contributed by atoms with Crippen molar-refractivity contribution in [2.45, 2.75) is 31.0 Å². The zero-order valence-electron chi connectivity index (χ0n) is 11.1. The van der Waals surface area contributed by atoms with Crippen LogP contribution in [-0.4, -0.2) is 14.7 Å². The molecule has 20 heavy (non-hydrogen) atoms. The summed E-state index contributed by atoms with van der Waals surface area (Å²) >= 11 is 7.00. The summed E-state index contributed by atoms with van der Waals surface area (Å²) in [4.78, 5) is 15.3. The number of pyridine rings is 1. The highest BCUT2D eigenvalue weighted by molar-refractivity contribution is 9.10. The average Bonchev–Trinajstić information content (AvgIpc) is 2.39. The van der Waals surface area contributed by atoms with Crippen LogP contribution in [0, 0.1) is 10.1 Å². The number of fused-ring (bicyclic) bond motifs is 1. The van der Waals surface area contributed by atoms with Crippen LogP contribution >= 0.6 is 31.9 Å². The molecule has 2 aromatic rings. The Labute approximate surface area is 134 Å². The van der Waals surface area contributed by atoms with Crippen LogP contribution < -0.4 is 0 Å². The van der Waals surface area contributed by atoms with Crippen LogP contribution in [0.15, 0.2) is 28.9 Å². The second-order valence-electron chi connectivity index (χ2n) is 4.67. The van der Waals surface area contributed by atoms with Crippen LogP contribution in [0.2, 0.25) is 0 Å². The van der Waals surface area contributed by atoms with Crippen LogP contribution in [0.1, 0.15) is 31.7 Å². The molecule has 0 N–H and O–H groups in total. The Morgan fingerprint density at radius 2 is 2.15 bits per heavy atom. The van der Waals surface area contributed by atoms with E-state index in [4.69, 9.17) is 0 Å². The highest BCUT2D eigenvalue weighted by atomic mass is 79.9. The van der Waals surface area contributed by atoms with Gasteiger partial charge in [-0.05, 0) is 24.6 Å². The van der Waals surface area contributed by atoms with E-state index in [-0.39, 0.29) is 21.4 Å². The lowest BCUT2D eigenvalue weighted by molar-refractivity contribution is -0.385. The molecule has 1 aromatic carbocycles. The molecule has 0 fully saturated rings. The van der Waals surface area contributed by atoms with Crippen molar-refractivity contribution in [2.24, 2.45) is 0 Å². The van der Waals surface area contributed by atoms with Gasteiger partial charge in [-0.2, -0.15) is 0 Å². The van der Waals surface area contributed by atoms with E-state index in [1.807, 2.05) is 32.0 Å². The second kappa shape index (κ2) is 6.18. The summed E-state index contributed by atoms with van der Waals surface area (Å²) in [6.07, 6.45) is 2.18. The molecule has 0 bridgehead atoms. The summed E-state index contributed by atoms with van der Waals surface area (Å²) in [6.45, 7) is 4.05. The maximum Gasteiger partial charge on any atom is 0.291 e. The molecule has 2 unspecified atom stereocenters. The van der Waals surface area contributed by atoms with Gasteiger partial charge >= 0.3 is 0 Å². The molecule has 0 saturated heterocycles. The number of nitro groups is 1. The maximum absolute atomic E-state index is 11.3. The average molecular weight is 402 g/mol. The van der Waals surface area contributed by atoms with Gasteiger partial charge in [0.05, 0.1) is 10.4 Å². The highest BCUT2D eigenvalue weighted by Crippen LogP contribution is 2.39. The van der Waals surface area contributed by atoms with E-state index in [9.17, 15) is 10.1 Å². The lowest BCUT2D eigenvalue weighted by Gasteiger charge is -2.20. The Bertz CT molecular complexity index is 659. The van der Waals surface area contributed by atoms with Gasteiger partial charge in [-0.1, -0.05) is 45.7 Å². The number of aromatic nitrogens is 1. The van der Waals surface area contributed by atoms with E-state index in [1.165, 1.54) is 6.20 Å². The first-order chi connectivity index (χ1) is 9.45. The molecule has 0 aliphatic heterocycles. The predicted octanol–water partition coefficient (Wildman–Crippen LogP) is 5.18. The molecule has 0 radical (unpaired) electrons. The van der Waals surface area contributed by atoms with Gasteiger partial charge in [-0.3, -0.25) is 10.1 Å². The lowest BCUT2D eigenvalue weighted by Crippen LogP contribution is -2.11. The molecule has 2 rings (SSSR count). The van der Waals surface area contributed by atoms with Gasteiger partial charge in [0.1, 0.15) is 6.20 Å². The number of hydrogen-bond donors (Lipinski definition) is 0. The summed E-state index contributed by atoms with van der Waals surface area (Å²) in [6, 6.07) is 5.67. The molecule has 0 amide bonds. The molecule has 4 nitrogen and oxygen atoms in total. The van der Waals surface area contributed by atoms with Crippen LogP contribution in [0.5, 0.6) is 0 Å². The summed E-state index contributed by atoms with van der Waals surface area (Å²) in [5, 5.41) is 12.2. The van der Waals surface area contributed by atoms with Gasteiger partial charge in [-0.25, -0.2) is 4.98 Å². The first-order valence-electron chi connectivity index (χ1n) is 6.32. The van der Waals surface area contributed by atoms with E-state index in [0.29, 0.717) is 0 Å². The maximum atomic E-state index is 11.3.